The van der Waals surface area contributed by atoms with Gasteiger partial charge in [0.1, 0.15) is 0 Å². The molecule has 0 radical (unpaired) electrons. The van der Waals surface area contributed by atoms with Crippen molar-refractivity contribution in [3.05, 3.63) is 203 Å². The molecule has 1 heterocycles. The third-order valence-electron chi connectivity index (χ3n) is 12.0. The molecule has 0 saturated heterocycles. The van der Waals surface area contributed by atoms with Gasteiger partial charge in [-0.05, 0) is 73.1 Å². The van der Waals surface area contributed by atoms with E-state index in [-0.39, 0.29) is 42.7 Å². The van der Waals surface area contributed by atoms with Crippen LogP contribution in [0.3, 0.4) is 0 Å². The van der Waals surface area contributed by atoms with Crippen LogP contribution in [0.25, 0.3) is 44.7 Å². The van der Waals surface area contributed by atoms with E-state index in [4.69, 9.17) is 4.98 Å². The van der Waals surface area contributed by atoms with Gasteiger partial charge >= 0.3 is 21.1 Å². The van der Waals surface area contributed by atoms with Crippen LogP contribution in [0.5, 0.6) is 5.75 Å². The maximum atomic E-state index is 12.5. The molecule has 0 amide bonds. The van der Waals surface area contributed by atoms with E-state index < -0.39 is 0 Å². The van der Waals surface area contributed by atoms with E-state index in [0.29, 0.717) is 12.2 Å². The van der Waals surface area contributed by atoms with Gasteiger partial charge < -0.3 is 5.11 Å². The van der Waals surface area contributed by atoms with Gasteiger partial charge in [0, 0.05) is 11.9 Å². The second kappa shape index (κ2) is 19.4. The summed E-state index contributed by atoms with van der Waals surface area (Å²) in [7, 11) is 0. The summed E-state index contributed by atoms with van der Waals surface area (Å²) in [6, 6.07) is 40.9. The van der Waals surface area contributed by atoms with Crippen LogP contribution < -0.4 is 0 Å². The largest absolute Gasteiger partial charge is 2.00 e. The van der Waals surface area contributed by atoms with Crippen molar-refractivity contribution < 1.29 is 26.2 Å². The average Bonchev–Trinajstić information content (AvgIpc) is 3.22. The van der Waals surface area contributed by atoms with Crippen LogP contribution >= 0.6 is 0 Å². The van der Waals surface area contributed by atoms with Gasteiger partial charge in [-0.3, -0.25) is 4.98 Å². The Labute approximate surface area is 400 Å². The van der Waals surface area contributed by atoms with Gasteiger partial charge in [-0.25, -0.2) is 0 Å². The van der Waals surface area contributed by atoms with Gasteiger partial charge in [0.05, 0.1) is 5.75 Å². The summed E-state index contributed by atoms with van der Waals surface area (Å²) in [4.78, 5) is 4.87. The Morgan fingerprint density at radius 3 is 1.92 bits per heavy atom. The first-order chi connectivity index (χ1) is 29.5. The summed E-state index contributed by atoms with van der Waals surface area (Å²) in [6.45, 7) is 36.9. The predicted molar refractivity (Wildman–Crippen MR) is 271 cm³/mol. The Morgan fingerprint density at radius 2 is 1.31 bits per heavy atom. The minimum Gasteiger partial charge on any atom is -0.517 e. The summed E-state index contributed by atoms with van der Waals surface area (Å²) in [5.74, 6) is 0.305. The summed E-state index contributed by atoms with van der Waals surface area (Å²) in [6.07, 6.45) is 12.1. The predicted octanol–water partition coefficient (Wildman–Crippen LogP) is 16.3. The normalized spacial score (nSPS) is 12.8. The number of phenols is 1. The second-order valence-electron chi connectivity index (χ2n) is 21.1. The van der Waals surface area contributed by atoms with Crippen LogP contribution in [-0.4, -0.2) is 10.1 Å². The Morgan fingerprint density at radius 1 is 0.672 bits per heavy atom. The summed E-state index contributed by atoms with van der Waals surface area (Å²) in [5, 5.41) is 12.5. The Hall–Kier alpha value is -5.30. The minimum absolute atomic E-state index is 0. The molecular formula is C61H67NOPt. The van der Waals surface area contributed by atoms with Crippen molar-refractivity contribution in [2.24, 2.45) is 0 Å². The topological polar surface area (TPSA) is 33.1 Å². The fourth-order valence-electron chi connectivity index (χ4n) is 8.01. The number of hydrogen-bond donors (Lipinski definition) is 1. The molecule has 0 aliphatic rings. The standard InChI is InChI=1S/C61H67NO.Pt/c1-16-22-41(17-2)43-29-30-62-56(36-43)47-32-45(33-49(34-47)59(7,8)9)51-26-21-23-40(3)52(51)35-46(54-38-50(60(10,11)12)39-55(57(54)63)61(13,14)15)31-44-27-28-48(58(4,5)6)37-53(44)42-24-19-18-20-25-42;/h16-30,33-34,36-39,63H,1-2,31H2,3-15H3;/q-2;+2/b41-22+;. The molecule has 0 unspecified atom stereocenters. The molecule has 0 aliphatic carbocycles. The number of benzene rings is 5. The number of aryl methyl sites for hydroxylation is 1. The van der Waals surface area contributed by atoms with Crippen LogP contribution in [0.4, 0.5) is 0 Å². The van der Waals surface area contributed by atoms with Crippen LogP contribution in [0.1, 0.15) is 133 Å². The molecule has 0 spiro atoms. The van der Waals surface area contributed by atoms with Gasteiger partial charge in [-0.15, -0.1) is 63.7 Å². The smallest absolute Gasteiger partial charge is 0.517 e. The molecule has 6 aromatic rings. The fourth-order valence-corrected chi connectivity index (χ4v) is 8.01. The molecule has 0 aliphatic heterocycles. The summed E-state index contributed by atoms with van der Waals surface area (Å²) in [5.41, 5.74) is 16.9. The molecule has 0 bridgehead atoms. The van der Waals surface area contributed by atoms with E-state index in [0.717, 1.165) is 66.9 Å². The first-order valence-corrected chi connectivity index (χ1v) is 22.3. The van der Waals surface area contributed by atoms with E-state index >= 15 is 0 Å². The maximum Gasteiger partial charge on any atom is 2.00 e. The number of aromatic nitrogens is 1. The molecule has 1 aromatic heterocycles. The molecule has 2 nitrogen and oxygen atoms in total. The zero-order chi connectivity index (χ0) is 46.1. The van der Waals surface area contributed by atoms with E-state index in [9.17, 15) is 5.11 Å². The molecule has 1 N–H and O–H groups in total. The third kappa shape index (κ3) is 11.3. The van der Waals surface area contributed by atoms with Crippen molar-refractivity contribution in [2.75, 3.05) is 0 Å². The van der Waals surface area contributed by atoms with Gasteiger partial charge in [0.2, 0.25) is 0 Å². The minimum atomic E-state index is -0.305. The molecule has 0 fully saturated rings. The monoisotopic (exact) mass is 1020 g/mol. The number of phenolic OH excluding ortho intramolecular Hbond substituents is 1. The average molecular weight is 1030 g/mol. The van der Waals surface area contributed by atoms with Gasteiger partial charge in [0.15, 0.2) is 0 Å². The Bertz CT molecular complexity index is 2720. The second-order valence-corrected chi connectivity index (χ2v) is 21.1. The third-order valence-corrected chi connectivity index (χ3v) is 12.0. The molecule has 332 valence electrons. The number of allylic oxidation sites excluding steroid dienone is 5. The maximum absolute atomic E-state index is 12.5. The molecular weight excluding hydrogens is 958 g/mol. The fraction of sp³-hybridized carbons (Fsp3) is 0.295. The number of nitrogens with zero attached hydrogens (tertiary/aromatic N) is 1. The molecule has 5 aromatic carbocycles. The summed E-state index contributed by atoms with van der Waals surface area (Å²) < 4.78 is 0. The number of aromatic hydroxyl groups is 1. The van der Waals surface area contributed by atoms with Crippen molar-refractivity contribution in [1.29, 1.82) is 0 Å². The first kappa shape index (κ1) is 49.7. The van der Waals surface area contributed by atoms with Crippen LogP contribution in [-0.2, 0) is 49.1 Å². The van der Waals surface area contributed by atoms with Crippen LogP contribution in [0, 0.1) is 19.1 Å². The number of rotatable bonds is 10. The number of hydrogen-bond acceptors (Lipinski definition) is 2. The molecule has 64 heavy (non-hydrogen) atoms. The molecule has 0 saturated carbocycles. The molecule has 0 atom stereocenters. The van der Waals surface area contributed by atoms with Crippen LogP contribution in [0.2, 0.25) is 0 Å². The number of pyridine rings is 1. The van der Waals surface area contributed by atoms with Crippen molar-refractivity contribution in [3.63, 3.8) is 0 Å². The van der Waals surface area contributed by atoms with Crippen molar-refractivity contribution in [1.82, 2.24) is 4.98 Å². The van der Waals surface area contributed by atoms with Crippen LogP contribution in [0.15, 0.2) is 141 Å². The van der Waals surface area contributed by atoms with Crippen molar-refractivity contribution in [2.45, 2.75) is 118 Å². The summed E-state index contributed by atoms with van der Waals surface area (Å²) >= 11 is 0. The van der Waals surface area contributed by atoms with E-state index in [1.54, 1.807) is 6.08 Å². The zero-order valence-electron chi connectivity index (χ0n) is 40.5. The van der Waals surface area contributed by atoms with E-state index in [1.807, 2.05) is 24.4 Å². The SMILES string of the molecule is C=C/C=C(\C=C)c1ccnc(-c2[c-]c(-c3cccc(C)c3[C-]=C(Cc3ccc(C(C)(C)C)cc3-c3ccccc3)c3cc(C(C)(C)C)cc(C(C)(C)C)c3O)cc(C(C)(C)C)c2)c1.[Pt+2]. The van der Waals surface area contributed by atoms with E-state index in [1.165, 1.54) is 27.8 Å². The first-order valence-electron chi connectivity index (χ1n) is 22.3. The van der Waals surface area contributed by atoms with Gasteiger partial charge in [-0.1, -0.05) is 217 Å². The quantitative estimate of drug-likeness (QED) is 0.0843. The Balaban J connectivity index is 0.00000771. The van der Waals surface area contributed by atoms with Gasteiger partial charge in [0.25, 0.3) is 0 Å². The van der Waals surface area contributed by atoms with Gasteiger partial charge in [-0.2, -0.15) is 0 Å². The van der Waals surface area contributed by atoms with E-state index in [2.05, 4.69) is 212 Å². The van der Waals surface area contributed by atoms with Crippen molar-refractivity contribution in [3.8, 4) is 39.3 Å². The Kier molecular flexibility index (Phi) is 15.1. The molecule has 6 rings (SSSR count). The van der Waals surface area contributed by atoms with Crippen molar-refractivity contribution >= 4 is 11.1 Å². The zero-order valence-corrected chi connectivity index (χ0v) is 42.7. The molecule has 3 heteroatoms.